The Morgan fingerprint density at radius 2 is 2.47 bits per heavy atom. The summed E-state index contributed by atoms with van der Waals surface area (Å²) in [4.78, 5) is 17.9. The average molecular weight is 238 g/mol. The molecule has 0 bridgehead atoms. The SMILES string of the molecule is NCCn1cnc(C(=O)N2CCC[C@H]2CO)c1. The van der Waals surface area contributed by atoms with Gasteiger partial charge in [-0.05, 0) is 12.8 Å². The molecule has 0 unspecified atom stereocenters. The Bertz CT molecular complexity index is 391. The Kier molecular flexibility index (Phi) is 3.75. The van der Waals surface area contributed by atoms with Gasteiger partial charge < -0.3 is 20.3 Å². The van der Waals surface area contributed by atoms with E-state index in [1.54, 1.807) is 22.0 Å². The van der Waals surface area contributed by atoms with E-state index in [1.807, 2.05) is 0 Å². The number of likely N-dealkylation sites (tertiary alicyclic amines) is 1. The molecular weight excluding hydrogens is 220 g/mol. The number of nitrogens with two attached hydrogens (primary N) is 1. The number of carbonyl (C=O) groups is 1. The largest absolute Gasteiger partial charge is 0.394 e. The first kappa shape index (κ1) is 12.1. The molecule has 6 nitrogen and oxygen atoms in total. The summed E-state index contributed by atoms with van der Waals surface area (Å²) >= 11 is 0. The monoisotopic (exact) mass is 238 g/mol. The first-order chi connectivity index (χ1) is 8.26. The average Bonchev–Trinajstić information content (AvgIpc) is 2.96. The summed E-state index contributed by atoms with van der Waals surface area (Å²) in [6.45, 7) is 1.90. The van der Waals surface area contributed by atoms with Crippen molar-refractivity contribution in [2.24, 2.45) is 5.73 Å². The molecule has 1 aromatic rings. The molecule has 1 aliphatic heterocycles. The minimum absolute atomic E-state index is 0.0231. The van der Waals surface area contributed by atoms with E-state index in [4.69, 9.17) is 5.73 Å². The first-order valence-electron chi connectivity index (χ1n) is 5.90. The lowest BCUT2D eigenvalue weighted by molar-refractivity contribution is 0.0672. The minimum atomic E-state index is -0.0997. The van der Waals surface area contributed by atoms with Crippen molar-refractivity contribution in [3.63, 3.8) is 0 Å². The van der Waals surface area contributed by atoms with Crippen molar-refractivity contribution in [2.45, 2.75) is 25.4 Å². The molecule has 1 aromatic heterocycles. The second-order valence-corrected chi connectivity index (χ2v) is 4.26. The standard InChI is InChI=1S/C11H18N4O2/c12-3-5-14-6-10(13-8-14)11(17)15-4-1-2-9(15)7-16/h6,8-9,16H,1-5,7,12H2/t9-/m0/s1. The maximum atomic E-state index is 12.1. The molecule has 2 rings (SSSR count). The molecule has 0 radical (unpaired) electrons. The molecule has 1 aliphatic rings. The highest BCUT2D eigenvalue weighted by Gasteiger charge is 2.29. The smallest absolute Gasteiger partial charge is 0.274 e. The van der Waals surface area contributed by atoms with E-state index in [-0.39, 0.29) is 18.6 Å². The van der Waals surface area contributed by atoms with Crippen LogP contribution < -0.4 is 5.73 Å². The van der Waals surface area contributed by atoms with Gasteiger partial charge in [-0.2, -0.15) is 0 Å². The third-order valence-corrected chi connectivity index (χ3v) is 3.09. The first-order valence-corrected chi connectivity index (χ1v) is 5.90. The van der Waals surface area contributed by atoms with Gasteiger partial charge in [-0.15, -0.1) is 0 Å². The number of rotatable bonds is 4. The second-order valence-electron chi connectivity index (χ2n) is 4.26. The van der Waals surface area contributed by atoms with Crippen LogP contribution in [0.2, 0.25) is 0 Å². The lowest BCUT2D eigenvalue weighted by Gasteiger charge is -2.21. The molecule has 0 spiro atoms. The van der Waals surface area contributed by atoms with Crippen LogP contribution in [-0.4, -0.2) is 51.2 Å². The van der Waals surface area contributed by atoms with Crippen LogP contribution in [0, 0.1) is 0 Å². The number of amides is 1. The maximum Gasteiger partial charge on any atom is 0.274 e. The van der Waals surface area contributed by atoms with E-state index in [1.165, 1.54) is 0 Å². The zero-order chi connectivity index (χ0) is 12.3. The molecule has 1 saturated heterocycles. The van der Waals surface area contributed by atoms with Gasteiger partial charge in [0, 0.05) is 25.8 Å². The zero-order valence-electron chi connectivity index (χ0n) is 9.75. The highest BCUT2D eigenvalue weighted by molar-refractivity contribution is 5.92. The van der Waals surface area contributed by atoms with Crippen LogP contribution >= 0.6 is 0 Å². The van der Waals surface area contributed by atoms with Crippen LogP contribution in [0.1, 0.15) is 23.3 Å². The van der Waals surface area contributed by atoms with E-state index in [0.717, 1.165) is 12.8 Å². The van der Waals surface area contributed by atoms with Gasteiger partial charge >= 0.3 is 0 Å². The van der Waals surface area contributed by atoms with E-state index >= 15 is 0 Å². The van der Waals surface area contributed by atoms with Crippen LogP contribution in [0.4, 0.5) is 0 Å². The highest BCUT2D eigenvalue weighted by atomic mass is 16.3. The fourth-order valence-corrected chi connectivity index (χ4v) is 2.18. The quantitative estimate of drug-likeness (QED) is 0.736. The number of aromatic nitrogens is 2. The van der Waals surface area contributed by atoms with Gasteiger partial charge in [0.05, 0.1) is 19.0 Å². The summed E-state index contributed by atoms with van der Waals surface area (Å²) in [5, 5.41) is 9.19. The molecule has 94 valence electrons. The molecule has 1 fully saturated rings. The Balaban J connectivity index is 2.07. The normalized spacial score (nSPS) is 19.9. The fraction of sp³-hybridized carbons (Fsp3) is 0.636. The summed E-state index contributed by atoms with van der Waals surface area (Å²) in [7, 11) is 0. The van der Waals surface area contributed by atoms with Crippen LogP contribution in [-0.2, 0) is 6.54 Å². The molecule has 2 heterocycles. The van der Waals surface area contributed by atoms with Crippen molar-refractivity contribution in [2.75, 3.05) is 19.7 Å². The van der Waals surface area contributed by atoms with Crippen molar-refractivity contribution in [1.29, 1.82) is 0 Å². The Morgan fingerprint density at radius 1 is 1.65 bits per heavy atom. The summed E-state index contributed by atoms with van der Waals surface area (Å²) in [5.41, 5.74) is 5.86. The summed E-state index contributed by atoms with van der Waals surface area (Å²) in [6, 6.07) is -0.0536. The number of nitrogens with zero attached hydrogens (tertiary/aromatic N) is 3. The summed E-state index contributed by atoms with van der Waals surface area (Å²) in [5.74, 6) is -0.0997. The third-order valence-electron chi connectivity index (χ3n) is 3.09. The van der Waals surface area contributed by atoms with Gasteiger partial charge in [0.1, 0.15) is 5.69 Å². The van der Waals surface area contributed by atoms with Gasteiger partial charge in [-0.25, -0.2) is 4.98 Å². The predicted molar refractivity (Wildman–Crippen MR) is 62.4 cm³/mol. The molecule has 0 saturated carbocycles. The molecule has 1 atom stereocenters. The molecule has 17 heavy (non-hydrogen) atoms. The Labute approximate surface area is 100 Å². The van der Waals surface area contributed by atoms with Crippen molar-refractivity contribution in [3.05, 3.63) is 18.2 Å². The van der Waals surface area contributed by atoms with Crippen LogP contribution in [0.5, 0.6) is 0 Å². The van der Waals surface area contributed by atoms with Gasteiger partial charge in [0.2, 0.25) is 0 Å². The van der Waals surface area contributed by atoms with E-state index in [0.29, 0.717) is 25.3 Å². The maximum absolute atomic E-state index is 12.1. The van der Waals surface area contributed by atoms with Crippen LogP contribution in [0.3, 0.4) is 0 Å². The van der Waals surface area contributed by atoms with E-state index < -0.39 is 0 Å². The highest BCUT2D eigenvalue weighted by Crippen LogP contribution is 2.18. The number of carbonyl (C=O) groups excluding carboxylic acids is 1. The molecule has 0 aliphatic carbocycles. The Hall–Kier alpha value is -1.40. The fourth-order valence-electron chi connectivity index (χ4n) is 2.18. The molecule has 3 N–H and O–H groups in total. The van der Waals surface area contributed by atoms with Crippen molar-refractivity contribution < 1.29 is 9.90 Å². The predicted octanol–water partition coefficient (Wildman–Crippen LogP) is -0.561. The number of hydrogen-bond donors (Lipinski definition) is 2. The minimum Gasteiger partial charge on any atom is -0.394 e. The number of hydrogen-bond acceptors (Lipinski definition) is 4. The third kappa shape index (κ3) is 2.48. The summed E-state index contributed by atoms with van der Waals surface area (Å²) < 4.78 is 1.80. The van der Waals surface area contributed by atoms with Crippen LogP contribution in [0.25, 0.3) is 0 Å². The second kappa shape index (κ2) is 5.29. The number of aliphatic hydroxyl groups excluding tert-OH is 1. The Morgan fingerprint density at radius 3 is 3.18 bits per heavy atom. The van der Waals surface area contributed by atoms with E-state index in [9.17, 15) is 9.90 Å². The topological polar surface area (TPSA) is 84.4 Å². The van der Waals surface area contributed by atoms with Crippen molar-refractivity contribution in [3.8, 4) is 0 Å². The molecular formula is C11H18N4O2. The summed E-state index contributed by atoms with van der Waals surface area (Å²) in [6.07, 6.45) is 5.14. The molecule has 6 heteroatoms. The van der Waals surface area contributed by atoms with Gasteiger partial charge in [0.25, 0.3) is 5.91 Å². The lowest BCUT2D eigenvalue weighted by Crippen LogP contribution is -2.37. The van der Waals surface area contributed by atoms with Crippen LogP contribution in [0.15, 0.2) is 12.5 Å². The molecule has 0 aromatic carbocycles. The van der Waals surface area contributed by atoms with Crippen molar-refractivity contribution >= 4 is 5.91 Å². The molecule has 1 amide bonds. The number of aliphatic hydroxyl groups is 1. The lowest BCUT2D eigenvalue weighted by atomic mass is 10.2. The number of imidazole rings is 1. The van der Waals surface area contributed by atoms with Gasteiger partial charge in [-0.1, -0.05) is 0 Å². The van der Waals surface area contributed by atoms with Gasteiger partial charge in [0.15, 0.2) is 0 Å². The van der Waals surface area contributed by atoms with E-state index in [2.05, 4.69) is 4.98 Å². The van der Waals surface area contributed by atoms with Gasteiger partial charge in [-0.3, -0.25) is 4.79 Å². The van der Waals surface area contributed by atoms with Crippen molar-refractivity contribution in [1.82, 2.24) is 14.5 Å². The zero-order valence-corrected chi connectivity index (χ0v) is 9.75.